The van der Waals surface area contributed by atoms with Gasteiger partial charge in [0.05, 0.1) is 10.5 Å². The van der Waals surface area contributed by atoms with E-state index in [-0.39, 0.29) is 16.4 Å². The van der Waals surface area contributed by atoms with Crippen LogP contribution < -0.4 is 10.9 Å². The maximum atomic E-state index is 12.8. The molecule has 1 amide bonds. The van der Waals surface area contributed by atoms with Crippen LogP contribution in [-0.4, -0.2) is 43.2 Å². The molecule has 0 fully saturated rings. The van der Waals surface area contributed by atoms with Gasteiger partial charge in [-0.2, -0.15) is 4.31 Å². The fourth-order valence-corrected chi connectivity index (χ4v) is 4.63. The average Bonchev–Trinajstić information content (AvgIpc) is 2.67. The number of carbonyl (C=O) groups excluding carboxylic acids is 1. The van der Waals surface area contributed by atoms with Gasteiger partial charge in [0.2, 0.25) is 15.6 Å². The van der Waals surface area contributed by atoms with Crippen molar-refractivity contribution in [2.75, 3.05) is 19.6 Å². The van der Waals surface area contributed by atoms with Crippen molar-refractivity contribution in [2.24, 2.45) is 0 Å². The number of nitrogens with zero attached hydrogens (tertiary/aromatic N) is 1. The van der Waals surface area contributed by atoms with Crippen LogP contribution in [0.5, 0.6) is 0 Å². The van der Waals surface area contributed by atoms with Gasteiger partial charge >= 0.3 is 0 Å². The van der Waals surface area contributed by atoms with Crippen LogP contribution in [0.2, 0.25) is 0 Å². The van der Waals surface area contributed by atoms with Gasteiger partial charge in [-0.05, 0) is 24.6 Å². The Morgan fingerprint density at radius 2 is 1.79 bits per heavy atom. The number of benzene rings is 1. The zero-order chi connectivity index (χ0) is 20.7. The molecule has 2 N–H and O–H groups in total. The van der Waals surface area contributed by atoms with Crippen molar-refractivity contribution in [3.05, 3.63) is 40.2 Å². The van der Waals surface area contributed by atoms with Gasteiger partial charge < -0.3 is 10.3 Å². The molecule has 0 spiro atoms. The molecule has 0 unspecified atom stereocenters. The van der Waals surface area contributed by atoms with Crippen LogP contribution in [0, 0.1) is 0 Å². The predicted octanol–water partition coefficient (Wildman–Crippen LogP) is 2.87. The van der Waals surface area contributed by atoms with E-state index >= 15 is 0 Å². The number of hydrogen-bond acceptors (Lipinski definition) is 4. The molecule has 0 saturated heterocycles. The number of sulfonamides is 1. The lowest BCUT2D eigenvalue weighted by Gasteiger charge is -2.19. The molecule has 0 aliphatic rings. The summed E-state index contributed by atoms with van der Waals surface area (Å²) >= 11 is 0. The minimum Gasteiger partial charge on any atom is -0.352 e. The van der Waals surface area contributed by atoms with E-state index in [4.69, 9.17) is 0 Å². The largest absolute Gasteiger partial charge is 0.352 e. The first-order chi connectivity index (χ1) is 13.3. The Hall–Kier alpha value is -2.19. The predicted molar refractivity (Wildman–Crippen MR) is 111 cm³/mol. The molecular formula is C20H29N3O4S. The third-order valence-corrected chi connectivity index (χ3v) is 6.76. The molecule has 28 heavy (non-hydrogen) atoms. The Balaban J connectivity index is 2.40. The van der Waals surface area contributed by atoms with E-state index < -0.39 is 15.6 Å². The van der Waals surface area contributed by atoms with E-state index in [1.807, 2.05) is 0 Å². The number of unbranched alkanes of at least 4 members (excludes halogenated alkanes) is 3. The summed E-state index contributed by atoms with van der Waals surface area (Å²) in [7, 11) is -3.66. The van der Waals surface area contributed by atoms with Crippen molar-refractivity contribution in [1.82, 2.24) is 14.6 Å². The molecule has 0 saturated carbocycles. The van der Waals surface area contributed by atoms with Crippen LogP contribution >= 0.6 is 0 Å². The summed E-state index contributed by atoms with van der Waals surface area (Å²) in [5.41, 5.74) is 0.218. The maximum absolute atomic E-state index is 12.8. The van der Waals surface area contributed by atoms with E-state index in [1.165, 1.54) is 28.6 Å². The molecule has 1 aromatic carbocycles. The van der Waals surface area contributed by atoms with Gasteiger partial charge in [0.25, 0.3) is 5.91 Å². The smallest absolute Gasteiger partial charge is 0.252 e. The van der Waals surface area contributed by atoms with Crippen LogP contribution in [0.25, 0.3) is 10.9 Å². The molecule has 154 valence electrons. The number of rotatable bonds is 10. The van der Waals surface area contributed by atoms with Gasteiger partial charge in [-0.3, -0.25) is 9.59 Å². The fraction of sp³-hybridized carbons (Fsp3) is 0.500. The normalized spacial score (nSPS) is 11.9. The van der Waals surface area contributed by atoms with E-state index in [9.17, 15) is 18.0 Å². The summed E-state index contributed by atoms with van der Waals surface area (Å²) in [5, 5.41) is 3.24. The maximum Gasteiger partial charge on any atom is 0.252 e. The van der Waals surface area contributed by atoms with E-state index in [0.717, 1.165) is 25.7 Å². The molecule has 8 heteroatoms. The zero-order valence-electron chi connectivity index (χ0n) is 16.7. The lowest BCUT2D eigenvalue weighted by molar-refractivity contribution is 0.0954. The molecule has 0 bridgehead atoms. The van der Waals surface area contributed by atoms with E-state index in [2.05, 4.69) is 17.2 Å². The van der Waals surface area contributed by atoms with Gasteiger partial charge in [0.15, 0.2) is 0 Å². The van der Waals surface area contributed by atoms with Crippen LogP contribution in [0.3, 0.4) is 0 Å². The summed E-state index contributed by atoms with van der Waals surface area (Å²) in [5.74, 6) is -0.370. The third kappa shape index (κ3) is 4.99. The quantitative estimate of drug-likeness (QED) is 0.592. The number of hydrogen-bond donors (Lipinski definition) is 2. The fourth-order valence-electron chi connectivity index (χ4n) is 3.14. The Morgan fingerprint density at radius 3 is 2.43 bits per heavy atom. The number of carbonyl (C=O) groups is 1. The van der Waals surface area contributed by atoms with Crippen molar-refractivity contribution < 1.29 is 13.2 Å². The van der Waals surface area contributed by atoms with Gasteiger partial charge in [-0.15, -0.1) is 0 Å². The van der Waals surface area contributed by atoms with Crippen LogP contribution in [0.15, 0.2) is 34.0 Å². The minimum absolute atomic E-state index is 0.104. The number of fused-ring (bicyclic) bond motifs is 1. The first-order valence-electron chi connectivity index (χ1n) is 9.80. The molecule has 0 aliphatic carbocycles. The number of pyridine rings is 1. The average molecular weight is 408 g/mol. The molecule has 1 aromatic heterocycles. The molecule has 0 atom stereocenters. The molecule has 0 radical (unpaired) electrons. The summed E-state index contributed by atoms with van der Waals surface area (Å²) in [6, 6.07) is 5.67. The molecule has 0 aliphatic heterocycles. The first-order valence-corrected chi connectivity index (χ1v) is 11.2. The second kappa shape index (κ2) is 9.84. The van der Waals surface area contributed by atoms with Gasteiger partial charge in [0, 0.05) is 36.6 Å². The topological polar surface area (TPSA) is 99.3 Å². The van der Waals surface area contributed by atoms with E-state index in [0.29, 0.717) is 30.5 Å². The number of aromatic amines is 1. The molecule has 7 nitrogen and oxygen atoms in total. The van der Waals surface area contributed by atoms with Crippen molar-refractivity contribution in [2.45, 2.75) is 51.3 Å². The van der Waals surface area contributed by atoms with Crippen molar-refractivity contribution in [3.63, 3.8) is 0 Å². The Bertz CT molecular complexity index is 979. The monoisotopic (exact) mass is 407 g/mol. The highest BCUT2D eigenvalue weighted by atomic mass is 32.2. The Morgan fingerprint density at radius 1 is 1.07 bits per heavy atom. The first kappa shape index (κ1) is 22.1. The standard InChI is InChI=1S/C20H29N3O4S/c1-4-7-8-9-12-21-20(25)17-14-19(24)22-18-11-10-15(13-16(17)18)28(26,27)23(5-2)6-3/h10-11,13-14H,4-9,12H2,1-3H3,(H,21,25)(H,22,24). The lowest BCUT2D eigenvalue weighted by atomic mass is 10.1. The van der Waals surface area contributed by atoms with Crippen LogP contribution in [0.4, 0.5) is 0 Å². The Labute approximate surface area is 166 Å². The lowest BCUT2D eigenvalue weighted by Crippen LogP contribution is -2.30. The summed E-state index contributed by atoms with van der Waals surface area (Å²) < 4.78 is 27.0. The van der Waals surface area contributed by atoms with Crippen LogP contribution in [0.1, 0.15) is 56.8 Å². The Kier molecular flexibility index (Phi) is 7.77. The second-order valence-electron chi connectivity index (χ2n) is 6.66. The molecule has 2 rings (SSSR count). The van der Waals surface area contributed by atoms with Crippen LogP contribution in [-0.2, 0) is 10.0 Å². The summed E-state index contributed by atoms with van der Waals surface area (Å²) in [6.07, 6.45) is 4.11. The minimum atomic E-state index is -3.66. The highest BCUT2D eigenvalue weighted by molar-refractivity contribution is 7.89. The van der Waals surface area contributed by atoms with Crippen molar-refractivity contribution >= 4 is 26.8 Å². The second-order valence-corrected chi connectivity index (χ2v) is 8.60. The molecular weight excluding hydrogens is 378 g/mol. The number of aromatic nitrogens is 1. The highest BCUT2D eigenvalue weighted by Gasteiger charge is 2.23. The molecule has 1 heterocycles. The number of H-pyrrole nitrogens is 1. The number of nitrogens with one attached hydrogen (secondary N) is 2. The molecule has 2 aromatic rings. The third-order valence-electron chi connectivity index (χ3n) is 4.72. The van der Waals surface area contributed by atoms with E-state index in [1.54, 1.807) is 13.8 Å². The summed E-state index contributed by atoms with van der Waals surface area (Å²) in [6.45, 7) is 6.89. The highest BCUT2D eigenvalue weighted by Crippen LogP contribution is 2.22. The van der Waals surface area contributed by atoms with Crippen molar-refractivity contribution in [1.29, 1.82) is 0 Å². The SMILES string of the molecule is CCCCCCNC(=O)c1cc(=O)[nH]c2ccc(S(=O)(=O)N(CC)CC)cc12. The number of amides is 1. The van der Waals surface area contributed by atoms with Gasteiger partial charge in [-0.1, -0.05) is 40.0 Å². The van der Waals surface area contributed by atoms with Gasteiger partial charge in [0.1, 0.15) is 0 Å². The zero-order valence-corrected chi connectivity index (χ0v) is 17.6. The summed E-state index contributed by atoms with van der Waals surface area (Å²) in [4.78, 5) is 27.3. The van der Waals surface area contributed by atoms with Gasteiger partial charge in [-0.25, -0.2) is 8.42 Å². The van der Waals surface area contributed by atoms with Crippen molar-refractivity contribution in [3.8, 4) is 0 Å².